The van der Waals surface area contributed by atoms with E-state index >= 15 is 0 Å². The molecule has 0 amide bonds. The first-order valence-corrected chi connectivity index (χ1v) is 8.60. The summed E-state index contributed by atoms with van der Waals surface area (Å²) in [5.74, 6) is 0. The van der Waals surface area contributed by atoms with Gasteiger partial charge in [-0.05, 0) is 12.8 Å². The van der Waals surface area contributed by atoms with Crippen molar-refractivity contribution in [3.05, 3.63) is 12.7 Å². The van der Waals surface area contributed by atoms with Crippen molar-refractivity contribution in [2.75, 3.05) is 0 Å². The first kappa shape index (κ1) is 18.7. The minimum absolute atomic E-state index is 0.152. The molecule has 1 nitrogen and oxygen atoms in total. The Morgan fingerprint density at radius 3 is 1.63 bits per heavy atom. The minimum atomic E-state index is -0.152. The Labute approximate surface area is 121 Å². The first-order chi connectivity index (χ1) is 9.31. The van der Waals surface area contributed by atoms with Gasteiger partial charge in [0.2, 0.25) is 0 Å². The molecule has 0 aromatic rings. The second kappa shape index (κ2) is 15.8. The molecule has 0 rings (SSSR count). The van der Waals surface area contributed by atoms with Crippen molar-refractivity contribution in [3.8, 4) is 0 Å². The molecule has 1 N–H and O–H groups in total. The summed E-state index contributed by atoms with van der Waals surface area (Å²) in [5, 5.41) is 9.54. The molecule has 0 spiro atoms. The van der Waals surface area contributed by atoms with E-state index in [2.05, 4.69) is 13.5 Å². The standard InChI is InChI=1S/C18H36O/c1-3-5-6-7-8-9-10-11-12-13-14-15-17-18(19)16-4-2/h4,18-19H,2-3,5-17H2,1H3/t18-/m1/s1. The van der Waals surface area contributed by atoms with Crippen molar-refractivity contribution in [1.82, 2.24) is 0 Å². The molecule has 0 aromatic heterocycles. The summed E-state index contributed by atoms with van der Waals surface area (Å²) in [5.41, 5.74) is 0. The van der Waals surface area contributed by atoms with Crippen LogP contribution in [0.3, 0.4) is 0 Å². The van der Waals surface area contributed by atoms with Gasteiger partial charge in [-0.15, -0.1) is 6.58 Å². The van der Waals surface area contributed by atoms with Gasteiger partial charge in [0.15, 0.2) is 0 Å². The molecule has 0 aliphatic heterocycles. The van der Waals surface area contributed by atoms with Gasteiger partial charge in [-0.1, -0.05) is 90.0 Å². The van der Waals surface area contributed by atoms with Gasteiger partial charge in [0.1, 0.15) is 0 Å². The Hall–Kier alpha value is -0.300. The zero-order valence-electron chi connectivity index (χ0n) is 13.2. The van der Waals surface area contributed by atoms with Crippen LogP contribution in [0.1, 0.15) is 96.8 Å². The van der Waals surface area contributed by atoms with E-state index in [-0.39, 0.29) is 6.10 Å². The van der Waals surface area contributed by atoms with Crippen LogP contribution < -0.4 is 0 Å². The maximum absolute atomic E-state index is 9.54. The van der Waals surface area contributed by atoms with Crippen LogP contribution in [0.25, 0.3) is 0 Å². The predicted octanol–water partition coefficient (Wildman–Crippen LogP) is 6.01. The third kappa shape index (κ3) is 15.6. The van der Waals surface area contributed by atoms with Crippen molar-refractivity contribution < 1.29 is 5.11 Å². The molecule has 0 aromatic carbocycles. The van der Waals surface area contributed by atoms with Crippen LogP contribution in [0.5, 0.6) is 0 Å². The second-order valence-corrected chi connectivity index (χ2v) is 5.86. The summed E-state index contributed by atoms with van der Waals surface area (Å²) in [6.45, 7) is 5.92. The number of aliphatic hydroxyl groups excluding tert-OH is 1. The number of rotatable bonds is 15. The molecule has 0 aliphatic carbocycles. The van der Waals surface area contributed by atoms with Gasteiger partial charge in [0.25, 0.3) is 0 Å². The molecular weight excluding hydrogens is 232 g/mol. The zero-order valence-corrected chi connectivity index (χ0v) is 13.2. The fraction of sp³-hybridized carbons (Fsp3) is 0.889. The van der Waals surface area contributed by atoms with Gasteiger partial charge in [-0.2, -0.15) is 0 Å². The van der Waals surface area contributed by atoms with Crippen LogP contribution >= 0.6 is 0 Å². The minimum Gasteiger partial charge on any atom is -0.393 e. The lowest BCUT2D eigenvalue weighted by atomic mass is 10.0. The van der Waals surface area contributed by atoms with E-state index in [1.807, 2.05) is 6.08 Å². The number of unbranched alkanes of at least 4 members (excludes halogenated alkanes) is 11. The lowest BCUT2D eigenvalue weighted by Crippen LogP contribution is -2.03. The van der Waals surface area contributed by atoms with E-state index in [4.69, 9.17) is 0 Å². The fourth-order valence-electron chi connectivity index (χ4n) is 2.53. The number of hydrogen-bond acceptors (Lipinski definition) is 1. The molecule has 0 heterocycles. The van der Waals surface area contributed by atoms with Crippen LogP contribution in [-0.2, 0) is 0 Å². The lowest BCUT2D eigenvalue weighted by Gasteiger charge is -2.07. The zero-order chi connectivity index (χ0) is 14.2. The summed E-state index contributed by atoms with van der Waals surface area (Å²) in [6, 6.07) is 0. The Morgan fingerprint density at radius 2 is 1.21 bits per heavy atom. The molecule has 1 heteroatoms. The van der Waals surface area contributed by atoms with Crippen molar-refractivity contribution in [2.45, 2.75) is 103 Å². The van der Waals surface area contributed by atoms with Gasteiger partial charge in [-0.3, -0.25) is 0 Å². The third-order valence-corrected chi connectivity index (χ3v) is 3.83. The summed E-state index contributed by atoms with van der Waals surface area (Å²) in [7, 11) is 0. The van der Waals surface area contributed by atoms with Crippen LogP contribution in [0, 0.1) is 0 Å². The van der Waals surface area contributed by atoms with Gasteiger partial charge < -0.3 is 5.11 Å². The molecule has 0 radical (unpaired) electrons. The molecule has 19 heavy (non-hydrogen) atoms. The molecule has 114 valence electrons. The predicted molar refractivity (Wildman–Crippen MR) is 86.5 cm³/mol. The SMILES string of the molecule is C=CC[C@@H](O)CCCCCCCCCCCCCC. The van der Waals surface area contributed by atoms with E-state index in [1.54, 1.807) is 0 Å². The highest BCUT2D eigenvalue weighted by molar-refractivity contribution is 4.71. The molecule has 0 fully saturated rings. The Kier molecular flexibility index (Phi) is 15.5. The molecule has 0 bridgehead atoms. The smallest absolute Gasteiger partial charge is 0.0574 e. The van der Waals surface area contributed by atoms with Gasteiger partial charge in [0.05, 0.1) is 6.10 Å². The van der Waals surface area contributed by atoms with Crippen molar-refractivity contribution in [1.29, 1.82) is 0 Å². The van der Waals surface area contributed by atoms with Crippen molar-refractivity contribution in [2.24, 2.45) is 0 Å². The maximum Gasteiger partial charge on any atom is 0.0574 e. The molecular formula is C18H36O. The summed E-state index contributed by atoms with van der Waals surface area (Å²) in [4.78, 5) is 0. The van der Waals surface area contributed by atoms with E-state index in [9.17, 15) is 5.11 Å². The highest BCUT2D eigenvalue weighted by Gasteiger charge is 2.00. The third-order valence-electron chi connectivity index (χ3n) is 3.83. The quantitative estimate of drug-likeness (QED) is 0.284. The average Bonchev–Trinajstić information content (AvgIpc) is 2.40. The van der Waals surface area contributed by atoms with E-state index in [1.165, 1.54) is 77.0 Å². The molecule has 0 aliphatic rings. The van der Waals surface area contributed by atoms with Crippen LogP contribution in [0.2, 0.25) is 0 Å². The van der Waals surface area contributed by atoms with Gasteiger partial charge in [-0.25, -0.2) is 0 Å². The van der Waals surface area contributed by atoms with Crippen LogP contribution in [0.4, 0.5) is 0 Å². The second-order valence-electron chi connectivity index (χ2n) is 5.86. The monoisotopic (exact) mass is 268 g/mol. The Balaban J connectivity index is 3.00. The van der Waals surface area contributed by atoms with Crippen molar-refractivity contribution in [3.63, 3.8) is 0 Å². The Bertz CT molecular complexity index is 177. The molecule has 0 saturated heterocycles. The largest absolute Gasteiger partial charge is 0.393 e. The highest BCUT2D eigenvalue weighted by atomic mass is 16.3. The summed E-state index contributed by atoms with van der Waals surface area (Å²) >= 11 is 0. The number of aliphatic hydroxyl groups is 1. The van der Waals surface area contributed by atoms with Crippen LogP contribution in [-0.4, -0.2) is 11.2 Å². The summed E-state index contributed by atoms with van der Waals surface area (Å²) < 4.78 is 0. The van der Waals surface area contributed by atoms with E-state index in [0.29, 0.717) is 0 Å². The molecule has 0 saturated carbocycles. The van der Waals surface area contributed by atoms with Crippen molar-refractivity contribution >= 4 is 0 Å². The highest BCUT2D eigenvalue weighted by Crippen LogP contribution is 2.13. The van der Waals surface area contributed by atoms with E-state index in [0.717, 1.165) is 12.8 Å². The van der Waals surface area contributed by atoms with Gasteiger partial charge >= 0.3 is 0 Å². The normalized spacial score (nSPS) is 12.5. The summed E-state index contributed by atoms with van der Waals surface area (Å²) in [6.07, 6.45) is 19.9. The molecule has 0 unspecified atom stereocenters. The topological polar surface area (TPSA) is 20.2 Å². The maximum atomic E-state index is 9.54. The van der Waals surface area contributed by atoms with E-state index < -0.39 is 0 Å². The lowest BCUT2D eigenvalue weighted by molar-refractivity contribution is 0.164. The average molecular weight is 268 g/mol. The van der Waals surface area contributed by atoms with Crippen LogP contribution in [0.15, 0.2) is 12.7 Å². The first-order valence-electron chi connectivity index (χ1n) is 8.60. The molecule has 1 atom stereocenters. The van der Waals surface area contributed by atoms with Gasteiger partial charge in [0, 0.05) is 0 Å². The number of hydrogen-bond donors (Lipinski definition) is 1. The Morgan fingerprint density at radius 1 is 0.789 bits per heavy atom. The fourth-order valence-corrected chi connectivity index (χ4v) is 2.53.